The van der Waals surface area contributed by atoms with E-state index in [4.69, 9.17) is 0 Å². The number of hydrogen-bond acceptors (Lipinski definition) is 8. The second kappa shape index (κ2) is 12.9. The molecule has 2 aromatic heterocycles. The summed E-state index contributed by atoms with van der Waals surface area (Å²) in [6.45, 7) is 4.37. The number of nitrogens with zero attached hydrogens (tertiary/aromatic N) is 3. The zero-order chi connectivity index (χ0) is 27.8. The Morgan fingerprint density at radius 1 is 1.03 bits per heavy atom. The van der Waals surface area contributed by atoms with Crippen molar-refractivity contribution >= 4 is 50.7 Å². The first-order valence-electron chi connectivity index (χ1n) is 12.2. The fourth-order valence-corrected chi connectivity index (χ4v) is 5.87. The zero-order valence-corrected chi connectivity index (χ0v) is 23.8. The number of aryl methyl sites for hydroxylation is 1. The molecule has 2 heterocycles. The normalized spacial score (nSPS) is 11.2. The highest BCUT2D eigenvalue weighted by molar-refractivity contribution is 7.99. The summed E-state index contributed by atoms with van der Waals surface area (Å²) in [7, 11) is -4.03. The summed E-state index contributed by atoms with van der Waals surface area (Å²) in [5.74, 6) is 0.468. The number of hydrogen-bond donors (Lipinski definition) is 3. The second-order valence-corrected chi connectivity index (χ2v) is 12.1. The van der Waals surface area contributed by atoms with E-state index in [1.54, 1.807) is 11.3 Å². The fourth-order valence-electron chi connectivity index (χ4n) is 3.50. The van der Waals surface area contributed by atoms with Gasteiger partial charge in [0.25, 0.3) is 10.0 Å². The smallest absolute Gasteiger partial charge is 0.328 e. The quantitative estimate of drug-likeness (QED) is 0.170. The molecule has 0 aliphatic rings. The molecule has 3 amide bonds. The van der Waals surface area contributed by atoms with Crippen molar-refractivity contribution in [1.82, 2.24) is 24.8 Å². The van der Waals surface area contributed by atoms with E-state index in [2.05, 4.69) is 20.8 Å². The van der Waals surface area contributed by atoms with Crippen LogP contribution in [0.4, 0.5) is 10.5 Å². The molecule has 0 aliphatic heterocycles. The van der Waals surface area contributed by atoms with Gasteiger partial charge >= 0.3 is 6.03 Å². The van der Waals surface area contributed by atoms with E-state index >= 15 is 0 Å². The van der Waals surface area contributed by atoms with Crippen LogP contribution in [0.15, 0.2) is 76.1 Å². The van der Waals surface area contributed by atoms with E-state index in [1.807, 2.05) is 64.9 Å². The molecule has 2 aromatic carbocycles. The Labute approximate surface area is 235 Å². The van der Waals surface area contributed by atoms with Gasteiger partial charge in [-0.15, -0.1) is 21.5 Å². The number of nitrogens with one attached hydrogen (secondary N) is 3. The molecule has 0 aliphatic carbocycles. The molecule has 0 unspecified atom stereocenters. The Morgan fingerprint density at radius 2 is 1.77 bits per heavy atom. The number of aromatic nitrogens is 3. The van der Waals surface area contributed by atoms with Crippen molar-refractivity contribution in [2.45, 2.75) is 36.7 Å². The molecule has 204 valence electrons. The third-order valence-corrected chi connectivity index (χ3v) is 8.63. The number of sulfonamides is 1. The third kappa shape index (κ3) is 7.46. The Hall–Kier alpha value is -3.68. The average Bonchev–Trinajstić information content (AvgIpc) is 3.58. The summed E-state index contributed by atoms with van der Waals surface area (Å²) in [4.78, 5) is 25.4. The minimum atomic E-state index is -4.03. The van der Waals surface area contributed by atoms with Crippen LogP contribution in [0.2, 0.25) is 0 Å². The standard InChI is InChI=1S/C26H28N6O4S3/c1-3-4-15-27-25(34)31-39(35,36)21-13-9-19(10-14-21)28-23(33)17-38-26-30-29-24(22-6-5-16-37-22)32(26)20-11-7-18(2)8-12-20/h5-14,16H,3-4,15,17H2,1-2H3,(H,28,33)(H2,27,31,34). The molecule has 3 N–H and O–H groups in total. The molecular formula is C26H28N6O4S3. The van der Waals surface area contributed by atoms with E-state index in [9.17, 15) is 18.0 Å². The van der Waals surface area contributed by atoms with Crippen LogP contribution in [0.3, 0.4) is 0 Å². The molecule has 0 spiro atoms. The highest BCUT2D eigenvalue weighted by atomic mass is 32.2. The van der Waals surface area contributed by atoms with Gasteiger partial charge in [-0.05, 0) is 61.2 Å². The van der Waals surface area contributed by atoms with Gasteiger partial charge in [-0.25, -0.2) is 17.9 Å². The number of urea groups is 1. The van der Waals surface area contributed by atoms with E-state index in [1.165, 1.54) is 36.0 Å². The molecule has 0 saturated heterocycles. The number of thiophene rings is 1. The Bertz CT molecular complexity index is 1520. The molecule has 13 heteroatoms. The Balaban J connectivity index is 1.40. The molecule has 4 rings (SSSR count). The summed E-state index contributed by atoms with van der Waals surface area (Å²) >= 11 is 2.80. The van der Waals surface area contributed by atoms with E-state index in [-0.39, 0.29) is 16.6 Å². The summed E-state index contributed by atoms with van der Waals surface area (Å²) in [6.07, 6.45) is 1.63. The number of anilines is 1. The molecule has 0 radical (unpaired) electrons. The maximum atomic E-state index is 12.7. The van der Waals surface area contributed by atoms with E-state index in [0.29, 0.717) is 23.2 Å². The first kappa shape index (κ1) is 28.3. The maximum Gasteiger partial charge on any atom is 0.328 e. The number of benzene rings is 2. The van der Waals surface area contributed by atoms with Crippen LogP contribution in [0.1, 0.15) is 25.3 Å². The number of carbonyl (C=O) groups is 2. The lowest BCUT2D eigenvalue weighted by Gasteiger charge is -2.11. The van der Waals surface area contributed by atoms with Gasteiger partial charge in [0.05, 0.1) is 15.5 Å². The predicted molar refractivity (Wildman–Crippen MR) is 154 cm³/mol. The third-order valence-electron chi connectivity index (χ3n) is 5.49. The summed E-state index contributed by atoms with van der Waals surface area (Å²) in [5.41, 5.74) is 2.44. The number of thioether (sulfide) groups is 1. The van der Waals surface area contributed by atoms with Gasteiger partial charge in [0.2, 0.25) is 5.91 Å². The van der Waals surface area contributed by atoms with Crippen LogP contribution in [0, 0.1) is 6.92 Å². The molecular weight excluding hydrogens is 557 g/mol. The van der Waals surface area contributed by atoms with Crippen molar-refractivity contribution in [3.05, 3.63) is 71.6 Å². The monoisotopic (exact) mass is 584 g/mol. The van der Waals surface area contributed by atoms with Crippen molar-refractivity contribution in [3.63, 3.8) is 0 Å². The van der Waals surface area contributed by atoms with Gasteiger partial charge in [0, 0.05) is 17.9 Å². The number of unbranched alkanes of at least 4 members (excludes halogenated alkanes) is 1. The molecule has 0 bridgehead atoms. The molecule has 0 fully saturated rings. The Kier molecular flexibility index (Phi) is 9.38. The van der Waals surface area contributed by atoms with Gasteiger partial charge in [-0.1, -0.05) is 48.9 Å². The van der Waals surface area contributed by atoms with Crippen LogP contribution in [-0.2, 0) is 14.8 Å². The first-order chi connectivity index (χ1) is 18.8. The predicted octanol–water partition coefficient (Wildman–Crippen LogP) is 4.82. The van der Waals surface area contributed by atoms with E-state index in [0.717, 1.165) is 29.0 Å². The molecule has 10 nitrogen and oxygen atoms in total. The lowest BCUT2D eigenvalue weighted by atomic mass is 10.2. The van der Waals surface area contributed by atoms with Crippen LogP contribution in [-0.4, -0.2) is 47.4 Å². The minimum Gasteiger partial charge on any atom is -0.337 e. The largest absolute Gasteiger partial charge is 0.337 e. The average molecular weight is 585 g/mol. The van der Waals surface area contributed by atoms with Crippen LogP contribution >= 0.6 is 23.1 Å². The summed E-state index contributed by atoms with van der Waals surface area (Å²) < 4.78 is 28.8. The minimum absolute atomic E-state index is 0.0635. The fraction of sp³-hybridized carbons (Fsp3) is 0.231. The van der Waals surface area contributed by atoms with Gasteiger partial charge in [-0.2, -0.15) is 0 Å². The highest BCUT2D eigenvalue weighted by Gasteiger charge is 2.19. The SMILES string of the molecule is CCCCNC(=O)NS(=O)(=O)c1ccc(NC(=O)CSc2nnc(-c3cccs3)n2-c2ccc(C)cc2)cc1. The van der Waals surface area contributed by atoms with Crippen molar-refractivity contribution < 1.29 is 18.0 Å². The molecule has 39 heavy (non-hydrogen) atoms. The molecule has 0 atom stereocenters. The summed E-state index contributed by atoms with van der Waals surface area (Å²) in [5, 5.41) is 16.5. The van der Waals surface area contributed by atoms with Crippen molar-refractivity contribution in [2.24, 2.45) is 0 Å². The molecule has 4 aromatic rings. The van der Waals surface area contributed by atoms with Crippen molar-refractivity contribution in [3.8, 4) is 16.4 Å². The van der Waals surface area contributed by atoms with Crippen molar-refractivity contribution in [2.75, 3.05) is 17.6 Å². The number of rotatable bonds is 11. The topological polar surface area (TPSA) is 135 Å². The second-order valence-electron chi connectivity index (χ2n) is 8.53. The lowest BCUT2D eigenvalue weighted by molar-refractivity contribution is -0.113. The van der Waals surface area contributed by atoms with Crippen molar-refractivity contribution in [1.29, 1.82) is 0 Å². The molecule has 0 saturated carbocycles. The van der Waals surface area contributed by atoms with Crippen LogP contribution in [0.25, 0.3) is 16.4 Å². The van der Waals surface area contributed by atoms with Gasteiger partial charge in [0.1, 0.15) is 0 Å². The van der Waals surface area contributed by atoms with Crippen LogP contribution in [0.5, 0.6) is 0 Å². The Morgan fingerprint density at radius 3 is 2.44 bits per heavy atom. The lowest BCUT2D eigenvalue weighted by Crippen LogP contribution is -2.39. The zero-order valence-electron chi connectivity index (χ0n) is 21.4. The highest BCUT2D eigenvalue weighted by Crippen LogP contribution is 2.30. The maximum absolute atomic E-state index is 12.7. The van der Waals surface area contributed by atoms with Gasteiger partial charge in [0.15, 0.2) is 11.0 Å². The number of carbonyl (C=O) groups excluding carboxylic acids is 2. The summed E-state index contributed by atoms with van der Waals surface area (Å²) in [6, 6.07) is 16.7. The van der Waals surface area contributed by atoms with Gasteiger partial charge in [-0.3, -0.25) is 9.36 Å². The number of amides is 3. The van der Waals surface area contributed by atoms with Crippen LogP contribution < -0.4 is 15.4 Å². The van der Waals surface area contributed by atoms with E-state index < -0.39 is 16.1 Å². The van der Waals surface area contributed by atoms with Gasteiger partial charge < -0.3 is 10.6 Å². The first-order valence-corrected chi connectivity index (χ1v) is 15.5.